The molecule has 2 heterocycles. The fourth-order valence-electron chi connectivity index (χ4n) is 18.6. The Bertz CT molecular complexity index is 4160. The van der Waals surface area contributed by atoms with Crippen LogP contribution in [-0.2, 0) is 0 Å². The highest BCUT2D eigenvalue weighted by atomic mass is 35.5. The molecule has 100 heavy (non-hydrogen) atoms. The van der Waals surface area contributed by atoms with Gasteiger partial charge in [0.05, 0.1) is 16.4 Å². The van der Waals surface area contributed by atoms with E-state index in [0.717, 1.165) is 39.1 Å². The molecule has 0 atom stereocenters. The average Bonchev–Trinajstić information content (AvgIpc) is 0.696. The number of anilines is 12. The number of benzene rings is 10. The molecular formula is C94H108BClN4. The summed E-state index contributed by atoms with van der Waals surface area (Å²) in [6.07, 6.45) is 26.7. The monoisotopic (exact) mass is 1340 g/mol. The van der Waals surface area contributed by atoms with Crippen molar-refractivity contribution in [1.82, 2.24) is 0 Å². The first kappa shape index (κ1) is 70.2. The Hall–Kier alpha value is -8.25. The minimum absolute atomic E-state index is 0. The van der Waals surface area contributed by atoms with Crippen LogP contribution in [0.2, 0.25) is 5.02 Å². The summed E-state index contributed by atoms with van der Waals surface area (Å²) in [5.74, 6) is 2.66. The van der Waals surface area contributed by atoms with Gasteiger partial charge in [-0.3, -0.25) is 0 Å². The molecule has 16 rings (SSSR count). The van der Waals surface area contributed by atoms with Crippen molar-refractivity contribution in [2.45, 2.75) is 222 Å². The molecule has 0 radical (unpaired) electrons. The van der Waals surface area contributed by atoms with Gasteiger partial charge < -0.3 is 19.6 Å². The molecule has 0 saturated heterocycles. The zero-order valence-electron chi connectivity index (χ0n) is 59.7. The van der Waals surface area contributed by atoms with Gasteiger partial charge in [0.1, 0.15) is 0 Å². The molecular weight excluding hydrogens is 1230 g/mol. The van der Waals surface area contributed by atoms with Gasteiger partial charge in [-0.15, -0.1) is 0 Å². The molecule has 2 aliphatic heterocycles. The molecule has 10 aromatic carbocycles. The molecule has 4 saturated carbocycles. The Balaban J connectivity index is 0.000000176. The van der Waals surface area contributed by atoms with Gasteiger partial charge in [0, 0.05) is 56.9 Å². The van der Waals surface area contributed by atoms with Crippen molar-refractivity contribution in [3.63, 3.8) is 0 Å². The number of rotatable bonds is 12. The van der Waals surface area contributed by atoms with Crippen LogP contribution in [0.25, 0.3) is 0 Å². The van der Waals surface area contributed by atoms with E-state index in [1.165, 1.54) is 235 Å². The van der Waals surface area contributed by atoms with Crippen molar-refractivity contribution in [2.24, 2.45) is 0 Å². The van der Waals surface area contributed by atoms with E-state index in [-0.39, 0.29) is 21.6 Å². The molecule has 4 fully saturated rings. The summed E-state index contributed by atoms with van der Waals surface area (Å²) in [7, 11) is 0. The number of aryl methyl sites for hydroxylation is 8. The minimum atomic E-state index is 0. The summed E-state index contributed by atoms with van der Waals surface area (Å²) in [4.78, 5) is 9.88. The van der Waals surface area contributed by atoms with Crippen molar-refractivity contribution < 1.29 is 0 Å². The molecule has 0 spiro atoms. The van der Waals surface area contributed by atoms with Crippen LogP contribution >= 0.6 is 11.6 Å². The van der Waals surface area contributed by atoms with Crippen LogP contribution < -0.4 is 36.0 Å². The summed E-state index contributed by atoms with van der Waals surface area (Å²) in [6, 6.07) is 75.1. The number of hydrogen-bond acceptors (Lipinski definition) is 4. The number of hydrogen-bond donors (Lipinski definition) is 0. The molecule has 0 N–H and O–H groups in total. The highest BCUT2D eigenvalue weighted by molar-refractivity contribution is 7.00. The first-order valence-corrected chi connectivity index (χ1v) is 38.1. The highest BCUT2D eigenvalue weighted by Crippen LogP contribution is 2.50. The lowest BCUT2D eigenvalue weighted by Crippen LogP contribution is -2.61. The van der Waals surface area contributed by atoms with E-state index in [9.17, 15) is 0 Å². The van der Waals surface area contributed by atoms with Crippen LogP contribution in [0.4, 0.5) is 68.2 Å². The standard InChI is InChI=1S/C46H49BN2.C46H51ClN2.2CH4/c1-30-22-31(2)25-38(24-30)48-42-20-18-36(34-12-7-5-8-13-34)28-40(42)47-41-29-37(35-14-9-6-10-15-35)19-21-43(41)49(39-26-32(3)23-33(4)27-39)45-17-11-16-44(48)46(45)47;1-32-26-33(2)29-42(28-32)48(40-22-18-38(19-23-40)36-12-7-5-8-13-36)44-16-11-17-45(46(44)47)49(43-30-34(3)27-35(4)31-43)41-24-20-39(21-25-41)37-14-9-6-10-15-37;;/h11,16-29,34-35H,5-10,12-15H2,1-4H3;11,16-31,36-37H,5-10,12-15H2,1-4H3;2*1H4. The lowest BCUT2D eigenvalue weighted by atomic mass is 9.33. The van der Waals surface area contributed by atoms with Crippen LogP contribution in [-0.4, -0.2) is 6.71 Å². The zero-order chi connectivity index (χ0) is 67.1. The largest absolute Gasteiger partial charge is 0.311 e. The van der Waals surface area contributed by atoms with Crippen molar-refractivity contribution in [3.8, 4) is 0 Å². The maximum atomic E-state index is 7.68. The van der Waals surface area contributed by atoms with Gasteiger partial charge in [0.15, 0.2) is 0 Å². The fourth-order valence-corrected chi connectivity index (χ4v) is 18.9. The topological polar surface area (TPSA) is 13.0 Å². The number of fused-ring (bicyclic) bond motifs is 4. The summed E-state index contributed by atoms with van der Waals surface area (Å²) >= 11 is 7.68. The molecule has 0 amide bonds. The molecule has 6 aliphatic rings. The Kier molecular flexibility index (Phi) is 21.4. The smallest absolute Gasteiger partial charge is 0.252 e. The van der Waals surface area contributed by atoms with Crippen LogP contribution in [0.3, 0.4) is 0 Å². The summed E-state index contributed by atoms with van der Waals surface area (Å²) in [5, 5.41) is 0.730. The molecule has 0 bridgehead atoms. The molecule has 6 heteroatoms. The maximum absolute atomic E-state index is 7.68. The Labute approximate surface area is 607 Å². The number of nitrogens with zero attached hydrogens (tertiary/aromatic N) is 4. The molecule has 0 unspecified atom stereocenters. The second-order valence-corrected chi connectivity index (χ2v) is 31.0. The second-order valence-electron chi connectivity index (χ2n) is 30.6. The second kappa shape index (κ2) is 30.5. The van der Waals surface area contributed by atoms with E-state index in [4.69, 9.17) is 11.6 Å². The Morgan fingerprint density at radius 1 is 0.300 bits per heavy atom. The van der Waals surface area contributed by atoms with E-state index >= 15 is 0 Å². The van der Waals surface area contributed by atoms with Gasteiger partial charge in [-0.05, 0) is 323 Å². The highest BCUT2D eigenvalue weighted by Gasteiger charge is 2.44. The third kappa shape index (κ3) is 14.4. The third-order valence-corrected chi connectivity index (χ3v) is 23.3. The van der Waals surface area contributed by atoms with Gasteiger partial charge in [-0.2, -0.15) is 0 Å². The molecule has 514 valence electrons. The van der Waals surface area contributed by atoms with Crippen molar-refractivity contribution in [2.75, 3.05) is 19.6 Å². The molecule has 4 nitrogen and oxygen atoms in total. The molecule has 4 aliphatic carbocycles. The normalized spacial score (nSPS) is 16.3. The SMILES string of the molecule is C.C.Cc1cc(C)cc(N(c2ccc(C3CCCCC3)cc2)c2cccc(N(c3ccc(C4CCCCC4)cc3)c3cc(C)cc(C)c3)c2Cl)c1.Cc1cc(C)cc(N2c3ccc(C4CCCCC4)cc3B3c4cc(C5CCCCC5)ccc4N(c4cc(C)cc(C)c4)c4cccc2c43)c1. The summed E-state index contributed by atoms with van der Waals surface area (Å²) in [6.45, 7) is 17.9. The Morgan fingerprint density at radius 2 is 0.590 bits per heavy atom. The quantitative estimate of drug-likeness (QED) is 0.113. The third-order valence-electron chi connectivity index (χ3n) is 22.9. The minimum Gasteiger partial charge on any atom is -0.311 e. The van der Waals surface area contributed by atoms with E-state index in [1.807, 2.05) is 0 Å². The zero-order valence-corrected chi connectivity index (χ0v) is 60.4. The lowest BCUT2D eigenvalue weighted by Gasteiger charge is -2.44. The van der Waals surface area contributed by atoms with E-state index in [0.29, 0.717) is 23.7 Å². The maximum Gasteiger partial charge on any atom is 0.252 e. The van der Waals surface area contributed by atoms with Gasteiger partial charge in [0.25, 0.3) is 6.71 Å². The Morgan fingerprint density at radius 3 is 0.920 bits per heavy atom. The van der Waals surface area contributed by atoms with Gasteiger partial charge in [-0.25, -0.2) is 0 Å². The van der Waals surface area contributed by atoms with Crippen molar-refractivity contribution in [3.05, 3.63) is 266 Å². The van der Waals surface area contributed by atoms with Crippen LogP contribution in [0.5, 0.6) is 0 Å². The summed E-state index contributed by atoms with van der Waals surface area (Å²) in [5.41, 5.74) is 34.8. The fraction of sp³-hybridized carbons (Fsp3) is 0.362. The van der Waals surface area contributed by atoms with E-state index in [1.54, 1.807) is 11.1 Å². The molecule has 0 aromatic heterocycles. The first-order valence-electron chi connectivity index (χ1n) is 37.7. The number of halogens is 1. The molecule has 10 aromatic rings. The van der Waals surface area contributed by atoms with Crippen LogP contribution in [0, 0.1) is 55.4 Å². The van der Waals surface area contributed by atoms with E-state index < -0.39 is 0 Å². The first-order chi connectivity index (χ1) is 47.8. The van der Waals surface area contributed by atoms with Gasteiger partial charge in [-0.1, -0.05) is 188 Å². The van der Waals surface area contributed by atoms with Crippen LogP contribution in [0.1, 0.15) is 234 Å². The summed E-state index contributed by atoms with van der Waals surface area (Å²) < 4.78 is 0. The lowest BCUT2D eigenvalue weighted by molar-refractivity contribution is 0.443. The predicted molar refractivity (Wildman–Crippen MR) is 436 cm³/mol. The predicted octanol–water partition coefficient (Wildman–Crippen LogP) is 27.0. The average molecular weight is 1340 g/mol. The van der Waals surface area contributed by atoms with Crippen molar-refractivity contribution >= 4 is 103 Å². The van der Waals surface area contributed by atoms with Gasteiger partial charge in [0.2, 0.25) is 0 Å². The van der Waals surface area contributed by atoms with E-state index in [2.05, 4.69) is 269 Å². The van der Waals surface area contributed by atoms with Crippen molar-refractivity contribution in [1.29, 1.82) is 0 Å². The van der Waals surface area contributed by atoms with Gasteiger partial charge >= 0.3 is 0 Å². The van der Waals surface area contributed by atoms with Crippen LogP contribution in [0.15, 0.2) is 194 Å².